The van der Waals surface area contributed by atoms with E-state index in [2.05, 4.69) is 59.0 Å². The van der Waals surface area contributed by atoms with E-state index in [9.17, 15) is 4.79 Å². The number of aromatic nitrogens is 2. The van der Waals surface area contributed by atoms with Crippen molar-refractivity contribution in [2.75, 3.05) is 18.0 Å². The molecule has 0 spiro atoms. The summed E-state index contributed by atoms with van der Waals surface area (Å²) < 4.78 is 7.55. The summed E-state index contributed by atoms with van der Waals surface area (Å²) in [5.41, 5.74) is 5.85. The maximum absolute atomic E-state index is 12.6. The molecule has 6 nitrogen and oxygen atoms in total. The molecular formula is C24H26N4O2. The van der Waals surface area contributed by atoms with Gasteiger partial charge < -0.3 is 14.6 Å². The van der Waals surface area contributed by atoms with Gasteiger partial charge >= 0.3 is 0 Å². The van der Waals surface area contributed by atoms with E-state index in [-0.39, 0.29) is 11.8 Å². The first-order valence-electron chi connectivity index (χ1n) is 10.5. The molecule has 1 aliphatic carbocycles. The van der Waals surface area contributed by atoms with Gasteiger partial charge in [0.1, 0.15) is 5.76 Å². The maximum atomic E-state index is 12.6. The van der Waals surface area contributed by atoms with Gasteiger partial charge in [0.15, 0.2) is 0 Å². The van der Waals surface area contributed by atoms with Gasteiger partial charge in [0.2, 0.25) is 11.9 Å². The van der Waals surface area contributed by atoms with Crippen LogP contribution >= 0.6 is 0 Å². The standard InChI is InChI=1S/C24H26N4O2/c1-16-13-21-22(14-17(16)2)28(19-5-3-6-19)24(26-21)27-10-8-18(9-11-27)23(29)25-15-20-7-4-12-30-20/h3-7,12-14,18H,8-11,15H2,1-2H3,(H,25,29). The fourth-order valence-corrected chi connectivity index (χ4v) is 4.19. The molecule has 0 radical (unpaired) electrons. The zero-order valence-electron chi connectivity index (χ0n) is 17.4. The van der Waals surface area contributed by atoms with E-state index in [1.807, 2.05) is 12.1 Å². The molecule has 1 N–H and O–H groups in total. The smallest absolute Gasteiger partial charge is 0.223 e. The predicted molar refractivity (Wildman–Crippen MR) is 118 cm³/mol. The number of fused-ring (bicyclic) bond motifs is 1. The molecule has 1 aromatic carbocycles. The monoisotopic (exact) mass is 402 g/mol. The molecule has 1 amide bonds. The Morgan fingerprint density at radius 2 is 2.00 bits per heavy atom. The van der Waals surface area contributed by atoms with Crippen molar-refractivity contribution < 1.29 is 9.21 Å². The number of nitrogens with one attached hydrogen (secondary N) is 1. The van der Waals surface area contributed by atoms with Crippen LogP contribution in [0.1, 0.15) is 29.7 Å². The number of hydrogen-bond acceptors (Lipinski definition) is 4. The van der Waals surface area contributed by atoms with Crippen molar-refractivity contribution in [1.82, 2.24) is 14.9 Å². The zero-order chi connectivity index (χ0) is 20.7. The second-order valence-electron chi connectivity index (χ2n) is 8.18. The third kappa shape index (κ3) is 3.32. The van der Waals surface area contributed by atoms with E-state index in [1.54, 1.807) is 6.26 Å². The molecule has 6 heteroatoms. The maximum Gasteiger partial charge on any atom is 0.223 e. The van der Waals surface area contributed by atoms with Crippen molar-refractivity contribution >= 4 is 28.6 Å². The van der Waals surface area contributed by atoms with E-state index >= 15 is 0 Å². The second-order valence-corrected chi connectivity index (χ2v) is 8.18. The van der Waals surface area contributed by atoms with Crippen molar-refractivity contribution in [2.24, 2.45) is 5.92 Å². The van der Waals surface area contributed by atoms with Crippen LogP contribution in [-0.4, -0.2) is 28.5 Å². The molecule has 1 fully saturated rings. The predicted octanol–water partition coefficient (Wildman–Crippen LogP) is 4.19. The Hall–Kier alpha value is -3.28. The molecule has 1 saturated heterocycles. The van der Waals surface area contributed by atoms with E-state index in [0.29, 0.717) is 6.54 Å². The summed E-state index contributed by atoms with van der Waals surface area (Å²) in [6.07, 6.45) is 9.56. The molecule has 0 saturated carbocycles. The van der Waals surface area contributed by atoms with Crippen molar-refractivity contribution in [2.45, 2.75) is 33.2 Å². The van der Waals surface area contributed by atoms with Gasteiger partial charge in [0.25, 0.3) is 0 Å². The van der Waals surface area contributed by atoms with Crippen LogP contribution in [0.4, 0.5) is 5.95 Å². The number of allylic oxidation sites excluding steroid dienone is 4. The van der Waals surface area contributed by atoms with Gasteiger partial charge in [-0.05, 0) is 74.2 Å². The summed E-state index contributed by atoms with van der Waals surface area (Å²) in [6.45, 7) is 6.35. The molecule has 0 bridgehead atoms. The Morgan fingerprint density at radius 3 is 2.67 bits per heavy atom. The Kier molecular flexibility index (Phi) is 4.69. The molecule has 154 valence electrons. The van der Waals surface area contributed by atoms with Crippen LogP contribution in [0.15, 0.2) is 53.2 Å². The first-order valence-corrected chi connectivity index (χ1v) is 10.5. The third-order valence-electron chi connectivity index (χ3n) is 6.21. The average molecular weight is 402 g/mol. The van der Waals surface area contributed by atoms with Gasteiger partial charge in [-0.15, -0.1) is 0 Å². The fourth-order valence-electron chi connectivity index (χ4n) is 4.19. The van der Waals surface area contributed by atoms with Crippen LogP contribution in [-0.2, 0) is 11.3 Å². The highest BCUT2D eigenvalue weighted by Crippen LogP contribution is 2.33. The van der Waals surface area contributed by atoms with Crippen LogP contribution in [0.2, 0.25) is 0 Å². The number of imidazole rings is 1. The summed E-state index contributed by atoms with van der Waals surface area (Å²) in [5.74, 6) is 1.89. The molecule has 5 rings (SSSR count). The summed E-state index contributed by atoms with van der Waals surface area (Å²) in [7, 11) is 0. The highest BCUT2D eigenvalue weighted by molar-refractivity contribution is 5.88. The number of amides is 1. The van der Waals surface area contributed by atoms with Gasteiger partial charge in [-0.2, -0.15) is 0 Å². The number of hydrogen-bond donors (Lipinski definition) is 1. The van der Waals surface area contributed by atoms with E-state index in [0.717, 1.165) is 54.4 Å². The number of nitrogens with zero attached hydrogens (tertiary/aromatic N) is 3. The lowest BCUT2D eigenvalue weighted by atomic mass is 9.96. The summed E-state index contributed by atoms with van der Waals surface area (Å²) in [4.78, 5) is 19.9. The fraction of sp³-hybridized carbons (Fsp3) is 0.333. The van der Waals surface area contributed by atoms with E-state index < -0.39 is 0 Å². The topological polar surface area (TPSA) is 63.3 Å². The molecule has 3 aromatic rings. The lowest BCUT2D eigenvalue weighted by Gasteiger charge is -2.32. The minimum Gasteiger partial charge on any atom is -0.467 e. The Morgan fingerprint density at radius 1 is 1.23 bits per heavy atom. The molecule has 30 heavy (non-hydrogen) atoms. The van der Waals surface area contributed by atoms with E-state index in [4.69, 9.17) is 9.40 Å². The van der Waals surface area contributed by atoms with Crippen molar-refractivity contribution in [1.29, 1.82) is 0 Å². The van der Waals surface area contributed by atoms with Crippen LogP contribution in [0.3, 0.4) is 0 Å². The largest absolute Gasteiger partial charge is 0.467 e. The van der Waals surface area contributed by atoms with E-state index in [1.165, 1.54) is 11.1 Å². The number of aryl methyl sites for hydroxylation is 2. The minimum atomic E-state index is 0.0290. The molecule has 3 heterocycles. The van der Waals surface area contributed by atoms with Crippen molar-refractivity contribution in [3.8, 4) is 0 Å². The van der Waals surface area contributed by atoms with Gasteiger partial charge in [0, 0.05) is 24.7 Å². The van der Waals surface area contributed by atoms with Crippen LogP contribution in [0.25, 0.3) is 16.7 Å². The number of piperidine rings is 1. The molecule has 2 aliphatic rings. The summed E-state index contributed by atoms with van der Waals surface area (Å²) >= 11 is 0. The Labute approximate surface area is 175 Å². The summed E-state index contributed by atoms with van der Waals surface area (Å²) in [5, 5.41) is 3.00. The van der Waals surface area contributed by atoms with Gasteiger partial charge in [-0.3, -0.25) is 9.36 Å². The molecule has 1 aliphatic heterocycles. The highest BCUT2D eigenvalue weighted by atomic mass is 16.3. The lowest BCUT2D eigenvalue weighted by Crippen LogP contribution is -2.41. The Bertz CT molecular complexity index is 1150. The number of anilines is 1. The number of carbonyl (C=O) groups is 1. The van der Waals surface area contributed by atoms with Crippen LogP contribution in [0, 0.1) is 19.8 Å². The first kappa shape index (κ1) is 18.7. The SMILES string of the molecule is Cc1cc2nc(N3CCC(C(=O)NCc4ccco4)CC3)n(C3=CC=C3)c2cc1C. The minimum absolute atomic E-state index is 0.0290. The number of carbonyl (C=O) groups excluding carboxylic acids is 1. The summed E-state index contributed by atoms with van der Waals surface area (Å²) in [6, 6.07) is 8.10. The number of benzene rings is 1. The zero-order valence-corrected chi connectivity index (χ0v) is 17.4. The Balaban J connectivity index is 1.33. The quantitative estimate of drug-likeness (QED) is 0.695. The molecule has 0 unspecified atom stereocenters. The first-order chi connectivity index (χ1) is 14.6. The van der Waals surface area contributed by atoms with Gasteiger partial charge in [0.05, 0.1) is 23.8 Å². The third-order valence-corrected chi connectivity index (χ3v) is 6.21. The van der Waals surface area contributed by atoms with Crippen LogP contribution in [0.5, 0.6) is 0 Å². The lowest BCUT2D eigenvalue weighted by molar-refractivity contribution is -0.125. The van der Waals surface area contributed by atoms with Gasteiger partial charge in [-0.1, -0.05) is 6.08 Å². The van der Waals surface area contributed by atoms with Crippen molar-refractivity contribution in [3.63, 3.8) is 0 Å². The normalized spacial score (nSPS) is 16.6. The number of furan rings is 1. The molecule has 0 atom stereocenters. The average Bonchev–Trinajstić information content (AvgIpc) is 3.34. The second kappa shape index (κ2) is 7.52. The van der Waals surface area contributed by atoms with Gasteiger partial charge in [-0.25, -0.2) is 4.98 Å². The number of rotatable bonds is 5. The van der Waals surface area contributed by atoms with Crippen LogP contribution < -0.4 is 10.2 Å². The highest BCUT2D eigenvalue weighted by Gasteiger charge is 2.28. The molecular weight excluding hydrogens is 376 g/mol. The van der Waals surface area contributed by atoms with Crippen molar-refractivity contribution in [3.05, 3.63) is 65.6 Å². The molecule has 2 aromatic heterocycles.